The highest BCUT2D eigenvalue weighted by Gasteiger charge is 2.62. The molecule has 49 heavy (non-hydrogen) atoms. The van der Waals surface area contributed by atoms with Crippen molar-refractivity contribution in [2.24, 2.45) is 5.92 Å². The van der Waals surface area contributed by atoms with Crippen LogP contribution in [0.4, 0.5) is 10.5 Å². The summed E-state index contributed by atoms with van der Waals surface area (Å²) in [7, 11) is 1.57. The Morgan fingerprint density at radius 2 is 1.80 bits per heavy atom. The van der Waals surface area contributed by atoms with E-state index in [1.807, 2.05) is 30.3 Å². The van der Waals surface area contributed by atoms with Crippen LogP contribution < -0.4 is 10.1 Å². The summed E-state index contributed by atoms with van der Waals surface area (Å²) < 4.78 is 16.3. The molecule has 1 aliphatic heterocycles. The molecular formula is C36H44N4O9. The molecule has 0 spiro atoms. The van der Waals surface area contributed by atoms with E-state index in [2.05, 4.69) is 18.5 Å². The monoisotopic (exact) mass is 676 g/mol. The molecule has 0 aromatic heterocycles. The fourth-order valence-corrected chi connectivity index (χ4v) is 5.99. The van der Waals surface area contributed by atoms with Crippen molar-refractivity contribution in [3.8, 4) is 5.75 Å². The molecule has 0 unspecified atom stereocenters. The number of hydrogen-bond acceptors (Lipinski definition) is 9. The van der Waals surface area contributed by atoms with Crippen LogP contribution in [0.25, 0.3) is 0 Å². The van der Waals surface area contributed by atoms with E-state index in [9.17, 15) is 29.3 Å². The van der Waals surface area contributed by atoms with Crippen LogP contribution in [0, 0.1) is 16.0 Å². The predicted octanol–water partition coefficient (Wildman–Crippen LogP) is 5.20. The highest BCUT2D eigenvalue weighted by atomic mass is 16.6. The number of rotatable bonds is 17. The van der Waals surface area contributed by atoms with Gasteiger partial charge >= 0.3 is 18.0 Å². The van der Waals surface area contributed by atoms with Gasteiger partial charge in [0.2, 0.25) is 5.91 Å². The zero-order valence-electron chi connectivity index (χ0n) is 28.0. The van der Waals surface area contributed by atoms with Crippen molar-refractivity contribution in [3.05, 3.63) is 95.1 Å². The van der Waals surface area contributed by atoms with Gasteiger partial charge < -0.3 is 29.3 Å². The van der Waals surface area contributed by atoms with Crippen LogP contribution in [0.3, 0.4) is 0 Å². The van der Waals surface area contributed by atoms with Gasteiger partial charge in [-0.1, -0.05) is 30.7 Å². The summed E-state index contributed by atoms with van der Waals surface area (Å²) in [5, 5.41) is 13.9. The molecule has 2 fully saturated rings. The van der Waals surface area contributed by atoms with Crippen LogP contribution in [-0.4, -0.2) is 83.1 Å². The first-order chi connectivity index (χ1) is 23.6. The summed E-state index contributed by atoms with van der Waals surface area (Å²) in [5.74, 6) is -1.56. The molecule has 0 bridgehead atoms. The third-order valence-electron chi connectivity index (χ3n) is 8.82. The van der Waals surface area contributed by atoms with E-state index in [4.69, 9.17) is 14.2 Å². The number of nitrogens with zero attached hydrogens (tertiary/aromatic N) is 3. The van der Waals surface area contributed by atoms with Crippen LogP contribution in [0.15, 0.2) is 73.8 Å². The zero-order chi connectivity index (χ0) is 35.6. The average molecular weight is 677 g/mol. The maximum Gasteiger partial charge on any atom is 0.338 e. The van der Waals surface area contributed by atoms with Crippen molar-refractivity contribution in [1.29, 1.82) is 0 Å². The zero-order valence-corrected chi connectivity index (χ0v) is 28.0. The minimum absolute atomic E-state index is 0.0241. The van der Waals surface area contributed by atoms with E-state index in [1.54, 1.807) is 25.0 Å². The van der Waals surface area contributed by atoms with Crippen LogP contribution in [0.2, 0.25) is 0 Å². The number of nitro groups is 1. The molecule has 1 heterocycles. The third kappa shape index (κ3) is 9.04. The Kier molecular flexibility index (Phi) is 12.5. The number of benzene rings is 2. The molecule has 0 radical (unpaired) electrons. The molecule has 2 aromatic carbocycles. The fourth-order valence-electron chi connectivity index (χ4n) is 5.99. The lowest BCUT2D eigenvalue weighted by atomic mass is 10.1. The molecule has 1 aliphatic carbocycles. The number of amides is 3. The number of allylic oxidation sites excluding steroid dienone is 1. The maximum atomic E-state index is 14.4. The second-order valence-electron chi connectivity index (χ2n) is 12.2. The number of non-ortho nitro benzene ring substituents is 1. The fraction of sp³-hybridized carbons (Fsp3) is 0.444. The van der Waals surface area contributed by atoms with Crippen molar-refractivity contribution in [2.75, 3.05) is 26.8 Å². The molecule has 1 saturated carbocycles. The van der Waals surface area contributed by atoms with Gasteiger partial charge in [-0.15, -0.1) is 13.2 Å². The van der Waals surface area contributed by atoms with E-state index >= 15 is 0 Å². The normalized spacial score (nSPS) is 20.9. The van der Waals surface area contributed by atoms with Gasteiger partial charge in [0.05, 0.1) is 30.7 Å². The van der Waals surface area contributed by atoms with E-state index in [0.717, 1.165) is 24.8 Å². The molecule has 262 valence electrons. The number of carbonyl (C=O) groups is 4. The Morgan fingerprint density at radius 1 is 1.08 bits per heavy atom. The number of nitro benzene ring substituents is 1. The van der Waals surface area contributed by atoms with Gasteiger partial charge in [-0.2, -0.15) is 0 Å². The van der Waals surface area contributed by atoms with Gasteiger partial charge in [0.15, 0.2) is 0 Å². The first-order valence-electron chi connectivity index (χ1n) is 16.4. The lowest BCUT2D eigenvalue weighted by Gasteiger charge is -2.32. The maximum absolute atomic E-state index is 14.4. The smallest absolute Gasteiger partial charge is 0.338 e. The summed E-state index contributed by atoms with van der Waals surface area (Å²) in [6, 6.07) is 10.8. The number of esters is 2. The van der Waals surface area contributed by atoms with Gasteiger partial charge in [-0.05, 0) is 62.4 Å². The first-order valence-corrected chi connectivity index (χ1v) is 16.4. The van der Waals surface area contributed by atoms with Gasteiger partial charge in [-0.3, -0.25) is 14.9 Å². The van der Waals surface area contributed by atoms with Crippen molar-refractivity contribution < 1.29 is 38.3 Å². The van der Waals surface area contributed by atoms with Crippen molar-refractivity contribution >= 4 is 29.6 Å². The lowest BCUT2D eigenvalue weighted by Crippen LogP contribution is -2.55. The topological polar surface area (TPSA) is 158 Å². The van der Waals surface area contributed by atoms with Crippen molar-refractivity contribution in [3.63, 3.8) is 0 Å². The minimum Gasteiger partial charge on any atom is -0.497 e. The molecule has 1 N–H and O–H groups in total. The molecule has 4 atom stereocenters. The number of nitrogens with one attached hydrogen (secondary N) is 1. The number of hydrogen-bond donors (Lipinski definition) is 1. The first kappa shape index (κ1) is 36.6. The summed E-state index contributed by atoms with van der Waals surface area (Å²) >= 11 is 0. The number of methoxy groups -OCH3 is 1. The number of likely N-dealkylation sites (tertiary alicyclic amines) is 1. The number of carbonyl (C=O) groups excluding carboxylic acids is 4. The molecule has 13 heteroatoms. The van der Waals surface area contributed by atoms with Crippen molar-refractivity contribution in [2.45, 2.75) is 69.7 Å². The molecule has 13 nitrogen and oxygen atoms in total. The number of ether oxygens (including phenoxy) is 3. The molecule has 3 amide bonds. The summed E-state index contributed by atoms with van der Waals surface area (Å²) in [6.07, 6.45) is 6.22. The summed E-state index contributed by atoms with van der Waals surface area (Å²) in [4.78, 5) is 67.9. The molecule has 2 aromatic rings. The third-order valence-corrected chi connectivity index (χ3v) is 8.82. The number of unbranched alkanes of at least 4 members (excludes halogenated alkanes) is 3. The van der Waals surface area contributed by atoms with Gasteiger partial charge in [0.1, 0.15) is 23.4 Å². The van der Waals surface area contributed by atoms with Crippen LogP contribution >= 0.6 is 0 Å². The van der Waals surface area contributed by atoms with Gasteiger partial charge in [0, 0.05) is 37.6 Å². The summed E-state index contributed by atoms with van der Waals surface area (Å²) in [5.41, 5.74) is -0.522. The Labute approximate surface area is 286 Å². The van der Waals surface area contributed by atoms with E-state index in [1.165, 1.54) is 29.2 Å². The Balaban J connectivity index is 1.59. The summed E-state index contributed by atoms with van der Waals surface area (Å²) in [6.45, 7) is 9.94. The highest BCUT2D eigenvalue weighted by molar-refractivity contribution is 5.95. The van der Waals surface area contributed by atoms with Crippen LogP contribution in [0.1, 0.15) is 61.4 Å². The van der Waals surface area contributed by atoms with E-state index < -0.39 is 46.5 Å². The molecular weight excluding hydrogens is 632 g/mol. The SMILES string of the molecule is C=CCCCCCN(Cc1ccc(OC)cc1)C(=O)N1C[C@H](OC(=O)c2ccc([N+](=O)[O-])cc2)C[C@H]1C(=O)N[C@]1(C(=O)OCC)C[C@H]1C=C. The van der Waals surface area contributed by atoms with Crippen LogP contribution in [0.5, 0.6) is 5.75 Å². The molecule has 2 aliphatic rings. The van der Waals surface area contributed by atoms with Gasteiger partial charge in [-0.25, -0.2) is 14.4 Å². The highest BCUT2D eigenvalue weighted by Crippen LogP contribution is 2.45. The second-order valence-corrected chi connectivity index (χ2v) is 12.2. The average Bonchev–Trinajstić information content (AvgIpc) is 3.66. The Bertz CT molecular complexity index is 1530. The van der Waals surface area contributed by atoms with Gasteiger partial charge in [0.25, 0.3) is 5.69 Å². The standard InChI is InChI=1S/C36H44N4O9/c1-5-8-9-10-11-20-38(23-25-12-18-29(47-4)19-13-25)35(44)39-24-30(49-33(42)26-14-16-28(17-15-26)40(45)46)21-31(39)32(41)37-36(22-27(36)6-2)34(43)48-7-3/h5-6,12-19,27,30-31H,1-2,7-11,20-24H2,3-4H3,(H,37,41)/t27-,30-,31+,36-/m1/s1. The lowest BCUT2D eigenvalue weighted by molar-refractivity contribution is -0.384. The minimum atomic E-state index is -1.29. The van der Waals surface area contributed by atoms with E-state index in [0.29, 0.717) is 25.1 Å². The predicted molar refractivity (Wildman–Crippen MR) is 181 cm³/mol. The van der Waals surface area contributed by atoms with E-state index in [-0.39, 0.29) is 43.3 Å². The second kappa shape index (κ2) is 16.8. The molecule has 4 rings (SSSR count). The Morgan fingerprint density at radius 3 is 2.39 bits per heavy atom. The Hall–Kier alpha value is -5.20. The van der Waals surface area contributed by atoms with Crippen molar-refractivity contribution in [1.82, 2.24) is 15.1 Å². The number of urea groups is 1. The largest absolute Gasteiger partial charge is 0.497 e. The quantitative estimate of drug-likeness (QED) is 0.0782. The molecule has 1 saturated heterocycles. The van der Waals surface area contributed by atoms with Crippen LogP contribution in [-0.2, 0) is 25.6 Å².